The Morgan fingerprint density at radius 1 is 0.889 bits per heavy atom. The van der Waals surface area contributed by atoms with Gasteiger partial charge in [-0.3, -0.25) is 4.21 Å². The minimum atomic E-state index is -0.935. The van der Waals surface area contributed by atoms with Gasteiger partial charge in [-0.25, -0.2) is 0 Å². The molecule has 0 aromatic heterocycles. The van der Waals surface area contributed by atoms with E-state index >= 15 is 0 Å². The van der Waals surface area contributed by atoms with Crippen LogP contribution in [0, 0.1) is 13.8 Å². The lowest BCUT2D eigenvalue weighted by Crippen LogP contribution is -1.94. The minimum Gasteiger partial charge on any atom is -0.253 e. The molecule has 94 valence electrons. The summed E-state index contributed by atoms with van der Waals surface area (Å²) in [6, 6.07) is 16.2. The Hall–Kier alpha value is -1.06. The molecule has 2 rings (SSSR count). The van der Waals surface area contributed by atoms with Crippen LogP contribution in [0.25, 0.3) is 0 Å². The summed E-state index contributed by atoms with van der Waals surface area (Å²) in [5, 5.41) is 0.603. The molecule has 0 heterocycles. The van der Waals surface area contributed by atoms with Crippen LogP contribution in [0.15, 0.2) is 58.3 Å². The van der Waals surface area contributed by atoms with E-state index in [0.717, 1.165) is 4.90 Å². The maximum absolute atomic E-state index is 12.1. The quantitative estimate of drug-likeness (QED) is 0.780. The van der Waals surface area contributed by atoms with Gasteiger partial charge in [-0.2, -0.15) is 0 Å². The van der Waals surface area contributed by atoms with Crippen LogP contribution in [0.4, 0.5) is 0 Å². The first-order valence-electron chi connectivity index (χ1n) is 5.79. The number of thioether (sulfide) groups is 1. The average molecular weight is 276 g/mol. The van der Waals surface area contributed by atoms with Gasteiger partial charge in [-0.1, -0.05) is 35.4 Å². The van der Waals surface area contributed by atoms with Crippen molar-refractivity contribution in [2.75, 3.05) is 5.08 Å². The molecule has 2 aromatic carbocycles. The van der Waals surface area contributed by atoms with E-state index in [0.29, 0.717) is 5.08 Å². The predicted molar refractivity (Wildman–Crippen MR) is 79.5 cm³/mol. The molecule has 1 atom stereocenters. The van der Waals surface area contributed by atoms with Crippen LogP contribution in [0.5, 0.6) is 0 Å². The first kappa shape index (κ1) is 13.4. The fourth-order valence-electron chi connectivity index (χ4n) is 1.51. The van der Waals surface area contributed by atoms with Gasteiger partial charge in [0.15, 0.2) is 0 Å². The molecule has 0 aliphatic rings. The third-order valence-electron chi connectivity index (χ3n) is 2.64. The van der Waals surface area contributed by atoms with Crippen molar-refractivity contribution in [1.29, 1.82) is 0 Å². The summed E-state index contributed by atoms with van der Waals surface area (Å²) >= 11 is 1.64. The third-order valence-corrected chi connectivity index (χ3v) is 5.37. The summed E-state index contributed by atoms with van der Waals surface area (Å²) in [5.41, 5.74) is 2.45. The van der Waals surface area contributed by atoms with Gasteiger partial charge < -0.3 is 0 Å². The lowest BCUT2D eigenvalue weighted by molar-refractivity contribution is 0.686. The van der Waals surface area contributed by atoms with Crippen LogP contribution in [-0.2, 0) is 10.8 Å². The van der Waals surface area contributed by atoms with Gasteiger partial charge in [0, 0.05) is 9.79 Å². The number of benzene rings is 2. The molecule has 18 heavy (non-hydrogen) atoms. The lowest BCUT2D eigenvalue weighted by Gasteiger charge is -2.03. The van der Waals surface area contributed by atoms with Gasteiger partial charge in [0.25, 0.3) is 0 Å². The van der Waals surface area contributed by atoms with Crippen molar-refractivity contribution in [3.8, 4) is 0 Å². The predicted octanol–water partition coefficient (Wildman–Crippen LogP) is 4.16. The van der Waals surface area contributed by atoms with E-state index in [1.807, 2.05) is 31.2 Å². The SMILES string of the molecule is Cc1ccc(SCS(=O)c2ccc(C)cc2)cc1. The Kier molecular flexibility index (Phi) is 4.61. The normalized spacial score (nSPS) is 12.3. The number of aryl methyl sites for hydroxylation is 2. The molecule has 0 aliphatic heterocycles. The molecule has 0 N–H and O–H groups in total. The van der Waals surface area contributed by atoms with E-state index in [-0.39, 0.29) is 0 Å². The highest BCUT2D eigenvalue weighted by Crippen LogP contribution is 2.21. The molecule has 0 bridgehead atoms. The molecule has 0 amide bonds. The largest absolute Gasteiger partial charge is 0.253 e. The summed E-state index contributed by atoms with van der Waals surface area (Å²) in [7, 11) is -0.935. The van der Waals surface area contributed by atoms with E-state index in [9.17, 15) is 4.21 Å². The average Bonchev–Trinajstić information content (AvgIpc) is 2.38. The summed E-state index contributed by atoms with van der Waals surface area (Å²) < 4.78 is 12.1. The molecule has 0 aliphatic carbocycles. The molecule has 0 saturated heterocycles. The highest BCUT2D eigenvalue weighted by molar-refractivity contribution is 8.10. The van der Waals surface area contributed by atoms with Crippen LogP contribution in [0.1, 0.15) is 11.1 Å². The summed E-state index contributed by atoms with van der Waals surface area (Å²) in [6.45, 7) is 4.10. The van der Waals surface area contributed by atoms with Crippen LogP contribution in [0.3, 0.4) is 0 Å². The summed E-state index contributed by atoms with van der Waals surface area (Å²) in [5.74, 6) is 0. The van der Waals surface area contributed by atoms with Gasteiger partial charge in [-0.05, 0) is 38.1 Å². The highest BCUT2D eigenvalue weighted by Gasteiger charge is 2.04. The van der Waals surface area contributed by atoms with Gasteiger partial charge in [0.1, 0.15) is 0 Å². The van der Waals surface area contributed by atoms with Gasteiger partial charge in [-0.15, -0.1) is 11.8 Å². The molecule has 1 nitrogen and oxygen atoms in total. The molecule has 3 heteroatoms. The fraction of sp³-hybridized carbons (Fsp3) is 0.200. The Labute approximate surface area is 115 Å². The van der Waals surface area contributed by atoms with E-state index in [1.165, 1.54) is 16.0 Å². The maximum atomic E-state index is 12.1. The zero-order valence-electron chi connectivity index (χ0n) is 10.6. The molecule has 0 spiro atoms. The van der Waals surface area contributed by atoms with Crippen molar-refractivity contribution in [3.05, 3.63) is 59.7 Å². The molecule has 2 aromatic rings. The van der Waals surface area contributed by atoms with Crippen molar-refractivity contribution >= 4 is 22.6 Å². The van der Waals surface area contributed by atoms with Crippen molar-refractivity contribution in [1.82, 2.24) is 0 Å². The Balaban J connectivity index is 1.96. The van der Waals surface area contributed by atoms with E-state index in [1.54, 1.807) is 11.8 Å². The topological polar surface area (TPSA) is 17.1 Å². The van der Waals surface area contributed by atoms with Crippen LogP contribution in [-0.4, -0.2) is 9.29 Å². The maximum Gasteiger partial charge on any atom is 0.0786 e. The first-order chi connectivity index (χ1) is 8.65. The van der Waals surface area contributed by atoms with Gasteiger partial charge >= 0.3 is 0 Å². The smallest absolute Gasteiger partial charge is 0.0786 e. The van der Waals surface area contributed by atoms with Crippen molar-refractivity contribution < 1.29 is 4.21 Å². The van der Waals surface area contributed by atoms with E-state index in [2.05, 4.69) is 31.2 Å². The third kappa shape index (κ3) is 3.72. The highest BCUT2D eigenvalue weighted by atomic mass is 32.2. The summed E-state index contributed by atoms with van der Waals surface area (Å²) in [4.78, 5) is 2.07. The van der Waals surface area contributed by atoms with Crippen molar-refractivity contribution in [2.24, 2.45) is 0 Å². The second-order valence-corrected chi connectivity index (χ2v) is 7.10. The zero-order chi connectivity index (χ0) is 13.0. The first-order valence-corrected chi connectivity index (χ1v) is 8.10. The van der Waals surface area contributed by atoms with Gasteiger partial charge in [0.05, 0.1) is 15.9 Å². The Morgan fingerprint density at radius 2 is 1.39 bits per heavy atom. The molecular formula is C15H16OS2. The fourth-order valence-corrected chi connectivity index (χ4v) is 3.80. The Bertz CT molecular complexity index is 529. The van der Waals surface area contributed by atoms with Gasteiger partial charge in [0.2, 0.25) is 0 Å². The Morgan fingerprint density at radius 3 is 1.94 bits per heavy atom. The standard InChI is InChI=1S/C15H16OS2/c1-12-3-7-14(8-4-12)17-11-18(16)15-9-5-13(2)6-10-15/h3-10H,11H2,1-2H3. The molecule has 0 radical (unpaired) electrons. The van der Waals surface area contributed by atoms with Crippen molar-refractivity contribution in [3.63, 3.8) is 0 Å². The van der Waals surface area contributed by atoms with Crippen LogP contribution < -0.4 is 0 Å². The zero-order valence-corrected chi connectivity index (χ0v) is 12.2. The van der Waals surface area contributed by atoms with Crippen LogP contribution in [0.2, 0.25) is 0 Å². The number of hydrogen-bond donors (Lipinski definition) is 0. The number of hydrogen-bond acceptors (Lipinski definition) is 2. The van der Waals surface area contributed by atoms with Crippen LogP contribution >= 0.6 is 11.8 Å². The number of rotatable bonds is 4. The van der Waals surface area contributed by atoms with E-state index < -0.39 is 10.8 Å². The molecule has 1 unspecified atom stereocenters. The minimum absolute atomic E-state index is 0.603. The lowest BCUT2D eigenvalue weighted by atomic mass is 10.2. The van der Waals surface area contributed by atoms with E-state index in [4.69, 9.17) is 0 Å². The second kappa shape index (κ2) is 6.21. The molecular weight excluding hydrogens is 260 g/mol. The molecule has 0 fully saturated rings. The monoisotopic (exact) mass is 276 g/mol. The summed E-state index contributed by atoms with van der Waals surface area (Å²) in [6.07, 6.45) is 0. The second-order valence-electron chi connectivity index (χ2n) is 4.23. The molecule has 0 saturated carbocycles. The van der Waals surface area contributed by atoms with Crippen molar-refractivity contribution in [2.45, 2.75) is 23.6 Å².